The summed E-state index contributed by atoms with van der Waals surface area (Å²) < 4.78 is 1.27. The quantitative estimate of drug-likeness (QED) is 0.514. The second-order valence-corrected chi connectivity index (χ2v) is 3.98. The van der Waals surface area contributed by atoms with Crippen molar-refractivity contribution >= 4 is 46.8 Å². The summed E-state index contributed by atoms with van der Waals surface area (Å²) in [5, 5.41) is 1.25. The van der Waals surface area contributed by atoms with E-state index in [2.05, 4.69) is 53.6 Å². The zero-order valence-electron chi connectivity index (χ0n) is 6.71. The molecular weight excluding hydrogens is 260 g/mol. The number of rotatable bonds is 0. The molecule has 12 heavy (non-hydrogen) atoms. The minimum Gasteiger partial charge on any atom is -0.256 e. The summed E-state index contributed by atoms with van der Waals surface area (Å²) in [4.78, 5) is 4.28. The van der Waals surface area contributed by atoms with E-state index in [4.69, 9.17) is 0 Å². The largest absolute Gasteiger partial charge is 0.256 e. The first kappa shape index (κ1) is 8.04. The van der Waals surface area contributed by atoms with Crippen LogP contribution in [-0.2, 0) is 0 Å². The van der Waals surface area contributed by atoms with Crippen LogP contribution >= 0.6 is 22.6 Å². The van der Waals surface area contributed by atoms with Crippen LogP contribution in [0.2, 0.25) is 0 Å². The fourth-order valence-corrected chi connectivity index (χ4v) is 1.82. The lowest BCUT2D eigenvalue weighted by Crippen LogP contribution is -2.00. The van der Waals surface area contributed by atoms with Crippen LogP contribution in [0.25, 0.3) is 10.9 Å². The molecule has 0 spiro atoms. The molecule has 3 heteroatoms. The number of halogens is 1. The van der Waals surface area contributed by atoms with E-state index in [1.54, 1.807) is 0 Å². The Balaban J connectivity index is 2.88. The molecule has 2 rings (SSSR count). The Hall–Kier alpha value is -0.575. The summed E-state index contributed by atoms with van der Waals surface area (Å²) in [6.45, 7) is 0. The van der Waals surface area contributed by atoms with Crippen molar-refractivity contribution in [2.75, 3.05) is 0 Å². The lowest BCUT2D eigenvalue weighted by Gasteiger charge is -1.99. The van der Waals surface area contributed by atoms with Gasteiger partial charge in [0, 0.05) is 15.2 Å². The Morgan fingerprint density at radius 3 is 2.92 bits per heavy atom. The molecule has 0 saturated carbocycles. The van der Waals surface area contributed by atoms with Gasteiger partial charge in [0.1, 0.15) is 7.85 Å². The zero-order valence-corrected chi connectivity index (χ0v) is 8.87. The van der Waals surface area contributed by atoms with Gasteiger partial charge in [-0.25, -0.2) is 0 Å². The van der Waals surface area contributed by atoms with E-state index in [9.17, 15) is 0 Å². The van der Waals surface area contributed by atoms with Crippen molar-refractivity contribution in [3.05, 3.63) is 34.0 Å². The monoisotopic (exact) mass is 267 g/mol. The van der Waals surface area contributed by atoms with Crippen molar-refractivity contribution in [2.24, 2.45) is 0 Å². The van der Waals surface area contributed by atoms with E-state index in [1.807, 2.05) is 12.3 Å². The molecule has 1 nitrogen and oxygen atoms in total. The molecule has 58 valence electrons. The fraction of sp³-hybridized carbons (Fsp3) is 0. The maximum Gasteiger partial charge on any atom is 0.139 e. The highest BCUT2D eigenvalue weighted by atomic mass is 127. The third-order valence-corrected chi connectivity index (χ3v) is 2.78. The number of pyridine rings is 1. The van der Waals surface area contributed by atoms with Gasteiger partial charge in [-0.3, -0.25) is 4.98 Å². The lowest BCUT2D eigenvalue weighted by atomic mass is 9.95. The minimum atomic E-state index is 1.08. The summed E-state index contributed by atoms with van der Waals surface area (Å²) in [7, 11) is 2.10. The maximum absolute atomic E-state index is 4.28. The molecule has 2 aromatic rings. The SMILES string of the molecule is Bc1ccc2nccc(I)c2c1. The van der Waals surface area contributed by atoms with Gasteiger partial charge in [0.05, 0.1) is 5.52 Å². The Bertz CT molecular complexity index is 428. The van der Waals surface area contributed by atoms with E-state index < -0.39 is 0 Å². The number of aromatic nitrogens is 1. The highest BCUT2D eigenvalue weighted by Gasteiger charge is 1.97. The van der Waals surface area contributed by atoms with Gasteiger partial charge in [0.2, 0.25) is 0 Å². The molecule has 1 heterocycles. The zero-order chi connectivity index (χ0) is 8.55. The summed E-state index contributed by atoms with van der Waals surface area (Å²) in [5.74, 6) is 0. The minimum absolute atomic E-state index is 1.08. The van der Waals surface area contributed by atoms with Crippen LogP contribution in [0.5, 0.6) is 0 Å². The van der Waals surface area contributed by atoms with E-state index in [0.29, 0.717) is 0 Å². The van der Waals surface area contributed by atoms with Gasteiger partial charge in [-0.2, -0.15) is 0 Å². The second-order valence-electron chi connectivity index (χ2n) is 2.81. The van der Waals surface area contributed by atoms with Crippen molar-refractivity contribution in [1.29, 1.82) is 0 Å². The van der Waals surface area contributed by atoms with Crippen molar-refractivity contribution in [2.45, 2.75) is 0 Å². The first-order chi connectivity index (χ1) is 5.77. The van der Waals surface area contributed by atoms with Gasteiger partial charge in [0.15, 0.2) is 0 Å². The number of fused-ring (bicyclic) bond motifs is 1. The van der Waals surface area contributed by atoms with Crippen molar-refractivity contribution in [3.63, 3.8) is 0 Å². The van der Waals surface area contributed by atoms with Crippen molar-refractivity contribution in [1.82, 2.24) is 4.98 Å². The van der Waals surface area contributed by atoms with Gasteiger partial charge in [-0.15, -0.1) is 0 Å². The normalized spacial score (nSPS) is 10.4. The van der Waals surface area contributed by atoms with Gasteiger partial charge < -0.3 is 0 Å². The van der Waals surface area contributed by atoms with E-state index in [0.717, 1.165) is 5.52 Å². The van der Waals surface area contributed by atoms with Crippen molar-refractivity contribution in [3.8, 4) is 0 Å². The molecule has 0 N–H and O–H groups in total. The maximum atomic E-state index is 4.28. The molecule has 0 atom stereocenters. The number of benzene rings is 1. The van der Waals surface area contributed by atoms with Crippen LogP contribution in [-0.4, -0.2) is 12.8 Å². The predicted octanol–water partition coefficient (Wildman–Crippen LogP) is 1.10. The van der Waals surface area contributed by atoms with Gasteiger partial charge in [0.25, 0.3) is 0 Å². The first-order valence-corrected chi connectivity index (χ1v) is 4.86. The third-order valence-electron chi connectivity index (χ3n) is 1.84. The molecule has 0 amide bonds. The molecule has 1 aromatic carbocycles. The van der Waals surface area contributed by atoms with Crippen molar-refractivity contribution < 1.29 is 0 Å². The highest BCUT2D eigenvalue weighted by Crippen LogP contribution is 2.16. The van der Waals surface area contributed by atoms with Gasteiger partial charge in [-0.05, 0) is 34.7 Å². The smallest absolute Gasteiger partial charge is 0.139 e. The van der Waals surface area contributed by atoms with Crippen LogP contribution in [0.15, 0.2) is 30.5 Å². The van der Waals surface area contributed by atoms with Crippen LogP contribution < -0.4 is 5.46 Å². The molecule has 0 bridgehead atoms. The summed E-state index contributed by atoms with van der Waals surface area (Å²) in [6.07, 6.45) is 1.85. The molecule has 1 aromatic heterocycles. The number of hydrogen-bond donors (Lipinski definition) is 0. The lowest BCUT2D eigenvalue weighted by molar-refractivity contribution is 1.40. The molecule has 0 saturated heterocycles. The van der Waals surface area contributed by atoms with Gasteiger partial charge >= 0.3 is 0 Å². The third kappa shape index (κ3) is 1.33. The molecular formula is C9H7BIN. The van der Waals surface area contributed by atoms with Crippen LogP contribution in [0.3, 0.4) is 0 Å². The van der Waals surface area contributed by atoms with E-state index in [1.165, 1.54) is 14.4 Å². The Kier molecular flexibility index (Phi) is 2.04. The van der Waals surface area contributed by atoms with Gasteiger partial charge in [-0.1, -0.05) is 17.6 Å². The average Bonchev–Trinajstić information content (AvgIpc) is 2.07. The second kappa shape index (κ2) is 3.05. The van der Waals surface area contributed by atoms with E-state index >= 15 is 0 Å². The summed E-state index contributed by atoms with van der Waals surface area (Å²) in [5.41, 5.74) is 2.36. The van der Waals surface area contributed by atoms with Crippen LogP contribution in [0, 0.1) is 3.57 Å². The molecule has 0 unspecified atom stereocenters. The highest BCUT2D eigenvalue weighted by molar-refractivity contribution is 14.1. The molecule has 0 aliphatic rings. The summed E-state index contributed by atoms with van der Waals surface area (Å²) >= 11 is 2.33. The molecule has 0 aliphatic heterocycles. The Morgan fingerprint density at radius 2 is 2.08 bits per heavy atom. The number of hydrogen-bond acceptors (Lipinski definition) is 1. The molecule has 0 radical (unpaired) electrons. The average molecular weight is 267 g/mol. The Morgan fingerprint density at radius 1 is 1.25 bits per heavy atom. The topological polar surface area (TPSA) is 12.9 Å². The fourth-order valence-electron chi connectivity index (χ4n) is 1.23. The summed E-state index contributed by atoms with van der Waals surface area (Å²) in [6, 6.07) is 8.35. The standard InChI is InChI=1S/C9H7BIN/c10-6-1-2-9-7(5-6)8(11)3-4-12-9/h1-5H,10H2. The molecule has 0 fully saturated rings. The first-order valence-electron chi connectivity index (χ1n) is 3.78. The number of nitrogens with zero attached hydrogens (tertiary/aromatic N) is 1. The van der Waals surface area contributed by atoms with E-state index in [-0.39, 0.29) is 0 Å². The Labute approximate surface area is 85.7 Å². The van der Waals surface area contributed by atoms with Crippen LogP contribution in [0.4, 0.5) is 0 Å². The molecule has 0 aliphatic carbocycles. The van der Waals surface area contributed by atoms with Crippen LogP contribution in [0.1, 0.15) is 0 Å². The predicted molar refractivity (Wildman–Crippen MR) is 62.6 cm³/mol.